The molecule has 0 aliphatic carbocycles. The van der Waals surface area contributed by atoms with E-state index in [0.29, 0.717) is 12.2 Å². The average molecular weight is 352 g/mol. The number of esters is 1. The number of amides is 2. The molecule has 1 atom stereocenters. The van der Waals surface area contributed by atoms with Crippen LogP contribution in [0.5, 0.6) is 0 Å². The van der Waals surface area contributed by atoms with Gasteiger partial charge in [-0.3, -0.25) is 9.59 Å². The topological polar surface area (TPSA) is 84.5 Å². The molecule has 0 bridgehead atoms. The fourth-order valence-corrected chi connectivity index (χ4v) is 2.71. The highest BCUT2D eigenvalue weighted by Gasteiger charge is 2.16. The van der Waals surface area contributed by atoms with Crippen molar-refractivity contribution in [3.8, 4) is 0 Å². The number of hydrogen-bond acceptors (Lipinski definition) is 5. The minimum atomic E-state index is -0.485. The van der Waals surface area contributed by atoms with Crippen LogP contribution in [0.25, 0.3) is 0 Å². The van der Waals surface area contributed by atoms with Gasteiger partial charge in [0.25, 0.3) is 0 Å². The SMILES string of the molecule is CCOC(=O)CNC(=O)N[C@@H](CSC(C)=O)Cc1ccccc1C. The van der Waals surface area contributed by atoms with Crippen molar-refractivity contribution < 1.29 is 19.1 Å². The van der Waals surface area contributed by atoms with Crippen molar-refractivity contribution in [3.05, 3.63) is 35.4 Å². The Balaban J connectivity index is 2.61. The lowest BCUT2D eigenvalue weighted by Crippen LogP contribution is -2.46. The van der Waals surface area contributed by atoms with Crippen molar-refractivity contribution in [1.29, 1.82) is 0 Å². The standard InChI is InChI=1S/C17H24N2O4S/c1-4-23-16(21)10-18-17(22)19-15(11-24-13(3)20)9-14-8-6-5-7-12(14)2/h5-8,15H,4,9-11H2,1-3H3,(H2,18,19,22)/t15-/m1/s1. The zero-order valence-electron chi connectivity index (χ0n) is 14.3. The van der Waals surface area contributed by atoms with E-state index in [4.69, 9.17) is 4.74 Å². The van der Waals surface area contributed by atoms with Crippen molar-refractivity contribution >= 4 is 28.9 Å². The van der Waals surface area contributed by atoms with Gasteiger partial charge >= 0.3 is 12.0 Å². The van der Waals surface area contributed by atoms with Gasteiger partial charge in [0.05, 0.1) is 6.61 Å². The lowest BCUT2D eigenvalue weighted by Gasteiger charge is -2.19. The Labute approximate surface area is 146 Å². The minimum Gasteiger partial charge on any atom is -0.465 e. The third kappa shape index (κ3) is 8.01. The normalized spacial score (nSPS) is 11.5. The molecule has 0 aliphatic rings. The van der Waals surface area contributed by atoms with Crippen LogP contribution >= 0.6 is 11.8 Å². The van der Waals surface area contributed by atoms with Crippen LogP contribution < -0.4 is 10.6 Å². The first kappa shape index (κ1) is 20.0. The second kappa shape index (κ2) is 10.7. The van der Waals surface area contributed by atoms with Crippen LogP contribution in [0, 0.1) is 6.92 Å². The molecule has 1 aromatic carbocycles. The van der Waals surface area contributed by atoms with Gasteiger partial charge < -0.3 is 15.4 Å². The fraction of sp³-hybridized carbons (Fsp3) is 0.471. The summed E-state index contributed by atoms with van der Waals surface area (Å²) in [7, 11) is 0. The number of nitrogens with one attached hydrogen (secondary N) is 2. The monoisotopic (exact) mass is 352 g/mol. The number of ether oxygens (including phenoxy) is 1. The molecule has 132 valence electrons. The number of benzene rings is 1. The molecule has 0 aromatic heterocycles. The molecule has 1 aromatic rings. The van der Waals surface area contributed by atoms with E-state index in [1.165, 1.54) is 18.7 Å². The van der Waals surface area contributed by atoms with Gasteiger partial charge in [-0.05, 0) is 31.4 Å². The molecule has 0 spiro atoms. The molecule has 0 heterocycles. The molecule has 0 unspecified atom stereocenters. The Morgan fingerprint density at radius 1 is 1.25 bits per heavy atom. The number of aryl methyl sites for hydroxylation is 1. The van der Waals surface area contributed by atoms with Crippen LogP contribution in [0.4, 0.5) is 4.79 Å². The summed E-state index contributed by atoms with van der Waals surface area (Å²) in [5.41, 5.74) is 2.24. The molecule has 0 saturated heterocycles. The molecule has 7 heteroatoms. The van der Waals surface area contributed by atoms with E-state index < -0.39 is 12.0 Å². The fourth-order valence-electron chi connectivity index (χ4n) is 2.08. The molecule has 0 fully saturated rings. The third-order valence-corrected chi connectivity index (χ3v) is 4.22. The maximum absolute atomic E-state index is 12.0. The molecule has 2 N–H and O–H groups in total. The molecule has 0 aliphatic heterocycles. The van der Waals surface area contributed by atoms with Crippen molar-refractivity contribution in [1.82, 2.24) is 10.6 Å². The number of rotatable bonds is 8. The van der Waals surface area contributed by atoms with Gasteiger partial charge in [-0.2, -0.15) is 0 Å². The number of thioether (sulfide) groups is 1. The highest BCUT2D eigenvalue weighted by atomic mass is 32.2. The summed E-state index contributed by atoms with van der Waals surface area (Å²) in [6, 6.07) is 7.23. The molecule has 0 radical (unpaired) electrons. The first-order valence-corrected chi connectivity index (χ1v) is 8.78. The van der Waals surface area contributed by atoms with Gasteiger partial charge in [0, 0.05) is 18.7 Å². The summed E-state index contributed by atoms with van der Waals surface area (Å²) in [4.78, 5) is 34.4. The summed E-state index contributed by atoms with van der Waals surface area (Å²) in [6.07, 6.45) is 0.611. The van der Waals surface area contributed by atoms with Crippen molar-refractivity contribution in [2.24, 2.45) is 0 Å². The maximum Gasteiger partial charge on any atom is 0.325 e. The van der Waals surface area contributed by atoms with Crippen molar-refractivity contribution in [3.63, 3.8) is 0 Å². The van der Waals surface area contributed by atoms with Crippen LogP contribution in [0.2, 0.25) is 0 Å². The zero-order valence-corrected chi connectivity index (χ0v) is 15.1. The van der Waals surface area contributed by atoms with Gasteiger partial charge in [-0.1, -0.05) is 36.0 Å². The van der Waals surface area contributed by atoms with E-state index in [0.717, 1.165) is 11.1 Å². The van der Waals surface area contributed by atoms with Crippen molar-refractivity contribution in [2.75, 3.05) is 18.9 Å². The quantitative estimate of drug-likeness (QED) is 0.700. The van der Waals surface area contributed by atoms with E-state index in [-0.39, 0.29) is 24.3 Å². The first-order valence-electron chi connectivity index (χ1n) is 7.80. The minimum absolute atomic E-state index is 0.00137. The molecular formula is C17H24N2O4S. The molecule has 2 amide bonds. The number of hydrogen-bond donors (Lipinski definition) is 2. The second-order valence-corrected chi connectivity index (χ2v) is 6.46. The van der Waals surface area contributed by atoms with Crippen molar-refractivity contribution in [2.45, 2.75) is 33.2 Å². The second-order valence-electron chi connectivity index (χ2n) is 5.26. The predicted molar refractivity (Wildman–Crippen MR) is 95.0 cm³/mol. The van der Waals surface area contributed by atoms with Gasteiger partial charge in [0.15, 0.2) is 5.12 Å². The largest absolute Gasteiger partial charge is 0.465 e. The van der Waals surface area contributed by atoms with Crippen LogP contribution in [0.1, 0.15) is 25.0 Å². The average Bonchev–Trinajstić information content (AvgIpc) is 2.53. The van der Waals surface area contributed by atoms with Crippen LogP contribution in [-0.4, -0.2) is 42.1 Å². The summed E-state index contributed by atoms with van der Waals surface area (Å²) >= 11 is 1.17. The Bertz CT molecular complexity index is 577. The molecule has 6 nitrogen and oxygen atoms in total. The smallest absolute Gasteiger partial charge is 0.325 e. The zero-order chi connectivity index (χ0) is 17.9. The molecule has 0 saturated carbocycles. The molecule has 24 heavy (non-hydrogen) atoms. The van der Waals surface area contributed by atoms with E-state index in [1.54, 1.807) is 6.92 Å². The summed E-state index contributed by atoms with van der Waals surface area (Å²) in [5.74, 6) is -0.0162. The molecular weight excluding hydrogens is 328 g/mol. The van der Waals surface area contributed by atoms with Crippen LogP contribution in [0.3, 0.4) is 0 Å². The summed E-state index contributed by atoms with van der Waals surface area (Å²) in [5, 5.41) is 5.28. The highest BCUT2D eigenvalue weighted by Crippen LogP contribution is 2.13. The Hall–Kier alpha value is -2.02. The lowest BCUT2D eigenvalue weighted by atomic mass is 10.0. The van der Waals surface area contributed by atoms with Gasteiger partial charge in [-0.15, -0.1) is 0 Å². The van der Waals surface area contributed by atoms with Crippen LogP contribution in [0.15, 0.2) is 24.3 Å². The number of carbonyl (C=O) groups excluding carboxylic acids is 3. The maximum atomic E-state index is 12.0. The number of carbonyl (C=O) groups is 3. The van der Waals surface area contributed by atoms with E-state index >= 15 is 0 Å². The Morgan fingerprint density at radius 3 is 2.58 bits per heavy atom. The van der Waals surface area contributed by atoms with E-state index in [2.05, 4.69) is 10.6 Å². The lowest BCUT2D eigenvalue weighted by molar-refractivity contribution is -0.141. The number of urea groups is 1. The predicted octanol–water partition coefficient (Wildman–Crippen LogP) is 2.05. The molecule has 1 rings (SSSR count). The van der Waals surface area contributed by atoms with Gasteiger partial charge in [0.1, 0.15) is 6.54 Å². The van der Waals surface area contributed by atoms with Gasteiger partial charge in [0.2, 0.25) is 0 Å². The van der Waals surface area contributed by atoms with E-state index in [1.807, 2.05) is 31.2 Å². The van der Waals surface area contributed by atoms with Crippen LogP contribution in [-0.2, 0) is 20.7 Å². The Kier molecular flexibility index (Phi) is 8.93. The van der Waals surface area contributed by atoms with Gasteiger partial charge in [-0.25, -0.2) is 4.79 Å². The summed E-state index contributed by atoms with van der Waals surface area (Å²) in [6.45, 7) is 5.29. The first-order chi connectivity index (χ1) is 11.4. The summed E-state index contributed by atoms with van der Waals surface area (Å²) < 4.78 is 4.76. The Morgan fingerprint density at radius 2 is 1.96 bits per heavy atom. The highest BCUT2D eigenvalue weighted by molar-refractivity contribution is 8.13. The van der Waals surface area contributed by atoms with E-state index in [9.17, 15) is 14.4 Å². The third-order valence-electron chi connectivity index (χ3n) is 3.25.